The Hall–Kier alpha value is -0.230. The van der Waals surface area contributed by atoms with Gasteiger partial charge in [0.15, 0.2) is 0 Å². The second kappa shape index (κ2) is 8.42. The molecule has 1 heterocycles. The van der Waals surface area contributed by atoms with Gasteiger partial charge in [-0.15, -0.1) is 0 Å². The van der Waals surface area contributed by atoms with Gasteiger partial charge in [-0.1, -0.05) is 31.5 Å². The highest BCUT2D eigenvalue weighted by atomic mass is 32.1. The minimum absolute atomic E-state index is 0.149. The molecule has 0 radical (unpaired) electrons. The summed E-state index contributed by atoms with van der Waals surface area (Å²) in [4.78, 5) is 3.12. The molecule has 1 spiro atoms. The van der Waals surface area contributed by atoms with Gasteiger partial charge in [0.25, 0.3) is 0 Å². The fraction of sp³-hybridized carbons (Fsp3) is 0.938. The lowest BCUT2D eigenvalue weighted by molar-refractivity contribution is -0.125. The van der Waals surface area contributed by atoms with E-state index >= 15 is 0 Å². The van der Waals surface area contributed by atoms with Crippen molar-refractivity contribution in [2.75, 3.05) is 33.4 Å². The van der Waals surface area contributed by atoms with E-state index in [1.54, 1.807) is 7.11 Å². The zero-order valence-electron chi connectivity index (χ0n) is 13.3. The normalized spacial score (nSPS) is 25.3. The fourth-order valence-electron chi connectivity index (χ4n) is 3.80. The first kappa shape index (κ1) is 17.1. The number of hydrogen-bond donors (Lipinski definition) is 1. The van der Waals surface area contributed by atoms with Gasteiger partial charge in [0, 0.05) is 39.3 Å². The van der Waals surface area contributed by atoms with E-state index in [9.17, 15) is 0 Å². The van der Waals surface area contributed by atoms with Crippen molar-refractivity contribution in [2.24, 2.45) is 5.73 Å². The van der Waals surface area contributed by atoms with Crippen molar-refractivity contribution in [3.05, 3.63) is 0 Å². The van der Waals surface area contributed by atoms with Crippen LogP contribution in [-0.4, -0.2) is 54.9 Å². The smallest absolute Gasteiger partial charge is 0.0740 e. The molecule has 1 saturated heterocycles. The lowest BCUT2D eigenvalue weighted by Gasteiger charge is -2.46. The van der Waals surface area contributed by atoms with Crippen LogP contribution in [0.25, 0.3) is 0 Å². The lowest BCUT2D eigenvalue weighted by atomic mass is 9.78. The van der Waals surface area contributed by atoms with Gasteiger partial charge in [0.1, 0.15) is 0 Å². The molecule has 2 rings (SSSR count). The second-order valence-electron chi connectivity index (χ2n) is 6.48. The minimum atomic E-state index is 0.149. The van der Waals surface area contributed by atoms with Crippen molar-refractivity contribution in [2.45, 2.75) is 63.0 Å². The van der Waals surface area contributed by atoms with Crippen molar-refractivity contribution < 1.29 is 9.47 Å². The zero-order valence-corrected chi connectivity index (χ0v) is 14.1. The molecule has 1 unspecified atom stereocenters. The third-order valence-corrected chi connectivity index (χ3v) is 5.18. The monoisotopic (exact) mass is 314 g/mol. The van der Waals surface area contributed by atoms with Gasteiger partial charge < -0.3 is 15.2 Å². The Balaban J connectivity index is 1.94. The quantitative estimate of drug-likeness (QED) is 0.732. The third kappa shape index (κ3) is 5.16. The Morgan fingerprint density at radius 2 is 2.10 bits per heavy atom. The summed E-state index contributed by atoms with van der Waals surface area (Å²) in [5, 5.41) is 0. The summed E-state index contributed by atoms with van der Waals surface area (Å²) in [5.41, 5.74) is 5.83. The maximum Gasteiger partial charge on any atom is 0.0740 e. The van der Waals surface area contributed by atoms with Crippen molar-refractivity contribution in [3.8, 4) is 0 Å². The van der Waals surface area contributed by atoms with Crippen LogP contribution in [0.2, 0.25) is 0 Å². The SMILES string of the molecule is COCCN(CCC(N)=S)C1CCOC2(CCCCC2)C1. The van der Waals surface area contributed by atoms with Crippen molar-refractivity contribution in [1.82, 2.24) is 4.90 Å². The van der Waals surface area contributed by atoms with Gasteiger partial charge in [-0.2, -0.15) is 0 Å². The predicted octanol–water partition coefficient (Wildman–Crippen LogP) is 2.49. The van der Waals surface area contributed by atoms with Crippen LogP contribution in [0.15, 0.2) is 0 Å². The number of methoxy groups -OCH3 is 1. The number of ether oxygens (including phenoxy) is 2. The summed E-state index contributed by atoms with van der Waals surface area (Å²) in [6, 6.07) is 0.585. The second-order valence-corrected chi connectivity index (χ2v) is 7.01. The highest BCUT2D eigenvalue weighted by Gasteiger charge is 2.40. The molecule has 0 amide bonds. The first-order valence-electron chi connectivity index (χ1n) is 8.30. The summed E-state index contributed by atoms with van der Waals surface area (Å²) >= 11 is 5.04. The number of nitrogens with zero attached hydrogens (tertiary/aromatic N) is 1. The topological polar surface area (TPSA) is 47.7 Å². The van der Waals surface area contributed by atoms with Crippen molar-refractivity contribution in [1.29, 1.82) is 0 Å². The molecule has 1 aliphatic heterocycles. The molecule has 122 valence electrons. The Bertz CT molecular complexity index is 327. The van der Waals surface area contributed by atoms with Gasteiger partial charge in [0.05, 0.1) is 17.2 Å². The molecule has 2 fully saturated rings. The zero-order chi connectivity index (χ0) is 15.1. The summed E-state index contributed by atoms with van der Waals surface area (Å²) in [6.07, 6.45) is 9.54. The van der Waals surface area contributed by atoms with Crippen LogP contribution in [-0.2, 0) is 9.47 Å². The number of rotatable bonds is 7. The van der Waals surface area contributed by atoms with Crippen LogP contribution in [0, 0.1) is 0 Å². The molecule has 0 aromatic rings. The molecule has 2 aliphatic rings. The van der Waals surface area contributed by atoms with Crippen LogP contribution >= 0.6 is 12.2 Å². The Labute approximate surface area is 134 Å². The summed E-state index contributed by atoms with van der Waals surface area (Å²) < 4.78 is 11.5. The van der Waals surface area contributed by atoms with E-state index in [0.29, 0.717) is 11.0 Å². The number of thiocarbonyl (C=S) groups is 1. The summed E-state index contributed by atoms with van der Waals surface area (Å²) in [6.45, 7) is 3.56. The van der Waals surface area contributed by atoms with Crippen LogP contribution in [0.1, 0.15) is 51.4 Å². The van der Waals surface area contributed by atoms with E-state index in [2.05, 4.69) is 4.90 Å². The van der Waals surface area contributed by atoms with E-state index in [1.165, 1.54) is 32.1 Å². The average Bonchev–Trinajstić information content (AvgIpc) is 2.48. The van der Waals surface area contributed by atoms with Crippen molar-refractivity contribution in [3.63, 3.8) is 0 Å². The highest BCUT2D eigenvalue weighted by molar-refractivity contribution is 7.80. The molecule has 0 bridgehead atoms. The maximum atomic E-state index is 6.21. The lowest BCUT2D eigenvalue weighted by Crippen LogP contribution is -2.50. The molecule has 1 aliphatic carbocycles. The Morgan fingerprint density at radius 1 is 1.33 bits per heavy atom. The van der Waals surface area contributed by atoms with Crippen LogP contribution < -0.4 is 5.73 Å². The summed E-state index contributed by atoms with van der Waals surface area (Å²) in [7, 11) is 1.76. The average molecular weight is 314 g/mol. The van der Waals surface area contributed by atoms with Gasteiger partial charge >= 0.3 is 0 Å². The molecule has 2 N–H and O–H groups in total. The largest absolute Gasteiger partial charge is 0.393 e. The molecule has 21 heavy (non-hydrogen) atoms. The predicted molar refractivity (Wildman–Crippen MR) is 89.6 cm³/mol. The minimum Gasteiger partial charge on any atom is -0.393 e. The first-order chi connectivity index (χ1) is 10.2. The van der Waals surface area contributed by atoms with Gasteiger partial charge in [0.2, 0.25) is 0 Å². The van der Waals surface area contributed by atoms with E-state index in [1.807, 2.05) is 0 Å². The van der Waals surface area contributed by atoms with E-state index < -0.39 is 0 Å². The Morgan fingerprint density at radius 3 is 2.76 bits per heavy atom. The summed E-state index contributed by atoms with van der Waals surface area (Å²) in [5.74, 6) is 0. The van der Waals surface area contributed by atoms with Crippen LogP contribution in [0.3, 0.4) is 0 Å². The highest BCUT2D eigenvalue weighted by Crippen LogP contribution is 2.39. The van der Waals surface area contributed by atoms with E-state index in [4.69, 9.17) is 27.4 Å². The number of nitrogens with two attached hydrogens (primary N) is 1. The molecule has 4 nitrogen and oxygen atoms in total. The first-order valence-corrected chi connectivity index (χ1v) is 8.71. The molecule has 1 saturated carbocycles. The number of hydrogen-bond acceptors (Lipinski definition) is 4. The van der Waals surface area contributed by atoms with Crippen LogP contribution in [0.4, 0.5) is 0 Å². The van der Waals surface area contributed by atoms with Crippen molar-refractivity contribution >= 4 is 17.2 Å². The maximum absolute atomic E-state index is 6.21. The molecule has 0 aromatic heterocycles. The standard InChI is InChI=1S/C16H30N2O2S/c1-19-12-10-18(9-5-15(17)21)14-6-11-20-16(13-14)7-3-2-4-8-16/h14H,2-13H2,1H3,(H2,17,21). The molecular weight excluding hydrogens is 284 g/mol. The molecule has 1 atom stereocenters. The van der Waals surface area contributed by atoms with Gasteiger partial charge in [-0.3, -0.25) is 4.90 Å². The van der Waals surface area contributed by atoms with E-state index in [0.717, 1.165) is 45.6 Å². The fourth-order valence-corrected chi connectivity index (χ4v) is 3.89. The molecule has 5 heteroatoms. The van der Waals surface area contributed by atoms with E-state index in [-0.39, 0.29) is 5.60 Å². The van der Waals surface area contributed by atoms with Gasteiger partial charge in [-0.05, 0) is 25.7 Å². The van der Waals surface area contributed by atoms with Crippen LogP contribution in [0.5, 0.6) is 0 Å². The molecular formula is C16H30N2O2S. The third-order valence-electron chi connectivity index (χ3n) is 4.98. The molecule has 0 aromatic carbocycles. The van der Waals surface area contributed by atoms with Gasteiger partial charge in [-0.25, -0.2) is 0 Å². The Kier molecular flexibility index (Phi) is 6.86.